The van der Waals surface area contributed by atoms with Gasteiger partial charge in [0.05, 0.1) is 22.3 Å². The van der Waals surface area contributed by atoms with E-state index < -0.39 is 0 Å². The van der Waals surface area contributed by atoms with Crippen molar-refractivity contribution in [3.63, 3.8) is 0 Å². The molecule has 108 valence electrons. The third-order valence-corrected chi connectivity index (χ3v) is 3.63. The molecular weight excluding hydrogens is 278 g/mol. The van der Waals surface area contributed by atoms with Gasteiger partial charge in [-0.1, -0.05) is 17.7 Å². The summed E-state index contributed by atoms with van der Waals surface area (Å²) in [5.74, 6) is -0.275. The summed E-state index contributed by atoms with van der Waals surface area (Å²) < 4.78 is 0. The maximum atomic E-state index is 12.2. The first-order chi connectivity index (χ1) is 9.49. The van der Waals surface area contributed by atoms with E-state index in [1.807, 2.05) is 25.1 Å². The van der Waals surface area contributed by atoms with E-state index in [0.29, 0.717) is 30.1 Å². The van der Waals surface area contributed by atoms with E-state index in [9.17, 15) is 9.59 Å². The van der Waals surface area contributed by atoms with Crippen molar-refractivity contribution < 1.29 is 9.59 Å². The van der Waals surface area contributed by atoms with Crippen LogP contribution in [0.15, 0.2) is 18.2 Å². The lowest BCUT2D eigenvalue weighted by Gasteiger charge is -2.24. The van der Waals surface area contributed by atoms with Crippen LogP contribution in [0.4, 0.5) is 11.4 Å². The van der Waals surface area contributed by atoms with E-state index in [1.54, 1.807) is 12.1 Å². The van der Waals surface area contributed by atoms with Crippen LogP contribution in [0.25, 0.3) is 0 Å². The number of hydrogen-bond acceptors (Lipinski definition) is 3. The number of halogens is 1. The van der Waals surface area contributed by atoms with Crippen LogP contribution in [0, 0.1) is 5.92 Å². The van der Waals surface area contributed by atoms with Crippen molar-refractivity contribution in [3.05, 3.63) is 23.2 Å². The number of carbonyl (C=O) groups excluding carboxylic acids is 2. The average molecular weight is 296 g/mol. The van der Waals surface area contributed by atoms with Gasteiger partial charge in [-0.05, 0) is 18.6 Å². The number of nitrogens with zero attached hydrogens (tertiary/aromatic N) is 1. The lowest BCUT2D eigenvalue weighted by atomic mass is 9.98. The predicted molar refractivity (Wildman–Crippen MR) is 80.1 cm³/mol. The van der Waals surface area contributed by atoms with Crippen LogP contribution in [-0.4, -0.2) is 32.5 Å². The van der Waals surface area contributed by atoms with E-state index >= 15 is 0 Å². The molecule has 0 aromatic heterocycles. The molecule has 1 aromatic rings. The summed E-state index contributed by atoms with van der Waals surface area (Å²) in [6, 6.07) is 5.40. The topological polar surface area (TPSA) is 61.4 Å². The zero-order valence-electron chi connectivity index (χ0n) is 11.6. The van der Waals surface area contributed by atoms with Gasteiger partial charge in [-0.15, -0.1) is 0 Å². The molecule has 2 N–H and O–H groups in total. The van der Waals surface area contributed by atoms with Crippen LogP contribution >= 0.6 is 11.6 Å². The molecule has 1 aliphatic rings. The maximum absolute atomic E-state index is 12.2. The molecule has 0 aliphatic carbocycles. The maximum Gasteiger partial charge on any atom is 0.229 e. The first kappa shape index (κ1) is 14.7. The Kier molecular flexibility index (Phi) is 4.49. The van der Waals surface area contributed by atoms with E-state index in [0.717, 1.165) is 5.69 Å². The summed E-state index contributed by atoms with van der Waals surface area (Å²) in [6.07, 6.45) is 0.976. The molecule has 2 amide bonds. The van der Waals surface area contributed by atoms with Gasteiger partial charge in [-0.2, -0.15) is 0 Å². The van der Waals surface area contributed by atoms with Gasteiger partial charge >= 0.3 is 0 Å². The molecule has 0 spiro atoms. The van der Waals surface area contributed by atoms with Crippen molar-refractivity contribution in [1.29, 1.82) is 0 Å². The van der Waals surface area contributed by atoms with Crippen LogP contribution < -0.4 is 15.5 Å². The Morgan fingerprint density at radius 3 is 2.80 bits per heavy atom. The lowest BCUT2D eigenvalue weighted by Crippen LogP contribution is -2.40. The Balaban J connectivity index is 2.12. The van der Waals surface area contributed by atoms with E-state index in [2.05, 4.69) is 10.6 Å². The smallest absolute Gasteiger partial charge is 0.229 e. The average Bonchev–Trinajstić information content (AvgIpc) is 2.39. The van der Waals surface area contributed by atoms with Gasteiger partial charge in [0, 0.05) is 27.1 Å². The third-order valence-electron chi connectivity index (χ3n) is 3.33. The van der Waals surface area contributed by atoms with Gasteiger partial charge in [-0.3, -0.25) is 9.59 Å². The van der Waals surface area contributed by atoms with Crippen LogP contribution in [0.5, 0.6) is 0 Å². The summed E-state index contributed by atoms with van der Waals surface area (Å²) >= 11 is 6.16. The van der Waals surface area contributed by atoms with E-state index in [4.69, 9.17) is 11.6 Å². The van der Waals surface area contributed by atoms with Crippen LogP contribution in [0.3, 0.4) is 0 Å². The number of nitrogens with one attached hydrogen (secondary N) is 2. The Morgan fingerprint density at radius 2 is 2.20 bits per heavy atom. The minimum Gasteiger partial charge on any atom is -0.375 e. The van der Waals surface area contributed by atoms with Crippen molar-refractivity contribution in [2.24, 2.45) is 5.92 Å². The summed E-state index contributed by atoms with van der Waals surface area (Å²) in [5, 5.41) is 6.20. The largest absolute Gasteiger partial charge is 0.375 e. The van der Waals surface area contributed by atoms with Crippen LogP contribution in [-0.2, 0) is 9.59 Å². The van der Waals surface area contributed by atoms with Crippen molar-refractivity contribution in [2.45, 2.75) is 12.8 Å². The minimum atomic E-state index is -0.193. The summed E-state index contributed by atoms with van der Waals surface area (Å²) in [7, 11) is 3.75. The molecule has 1 atom stereocenters. The van der Waals surface area contributed by atoms with E-state index in [-0.39, 0.29) is 17.7 Å². The number of hydrogen-bond donors (Lipinski definition) is 2. The van der Waals surface area contributed by atoms with Crippen molar-refractivity contribution in [2.75, 3.05) is 30.9 Å². The molecule has 6 heteroatoms. The number of para-hydroxylation sites is 1. The third kappa shape index (κ3) is 3.22. The van der Waals surface area contributed by atoms with Gasteiger partial charge in [0.1, 0.15) is 0 Å². The number of carbonyl (C=O) groups is 2. The fourth-order valence-electron chi connectivity index (χ4n) is 2.26. The highest BCUT2D eigenvalue weighted by Gasteiger charge is 2.25. The first-order valence-corrected chi connectivity index (χ1v) is 6.90. The first-order valence-electron chi connectivity index (χ1n) is 6.52. The Hall–Kier alpha value is -1.75. The zero-order valence-corrected chi connectivity index (χ0v) is 12.3. The van der Waals surface area contributed by atoms with Gasteiger partial charge < -0.3 is 15.5 Å². The standard InChI is InChI=1S/C14H18ClN3O2/c1-18(2)13-10(15)4-3-5-11(13)17-14(20)9-6-7-12(19)16-8-9/h3-5,9H,6-8H2,1-2H3,(H,16,19)(H,17,20). The molecule has 2 rings (SSSR count). The highest BCUT2D eigenvalue weighted by molar-refractivity contribution is 6.34. The summed E-state index contributed by atoms with van der Waals surface area (Å²) in [4.78, 5) is 25.2. The van der Waals surface area contributed by atoms with Gasteiger partial charge in [0.25, 0.3) is 0 Å². The molecule has 1 unspecified atom stereocenters. The monoisotopic (exact) mass is 295 g/mol. The summed E-state index contributed by atoms with van der Waals surface area (Å²) in [5.41, 5.74) is 1.46. The van der Waals surface area contributed by atoms with E-state index in [1.165, 1.54) is 0 Å². The molecule has 20 heavy (non-hydrogen) atoms. The molecule has 1 heterocycles. The second-order valence-electron chi connectivity index (χ2n) is 5.06. The van der Waals surface area contributed by atoms with Crippen molar-refractivity contribution >= 4 is 34.8 Å². The molecular formula is C14H18ClN3O2. The summed E-state index contributed by atoms with van der Waals surface area (Å²) in [6.45, 7) is 0.391. The van der Waals surface area contributed by atoms with Gasteiger partial charge in [0.2, 0.25) is 11.8 Å². The zero-order chi connectivity index (χ0) is 14.7. The number of benzene rings is 1. The molecule has 5 nitrogen and oxygen atoms in total. The highest BCUT2D eigenvalue weighted by atomic mass is 35.5. The molecule has 1 aliphatic heterocycles. The molecule has 1 saturated heterocycles. The number of piperidine rings is 1. The second-order valence-corrected chi connectivity index (χ2v) is 5.47. The molecule has 1 aromatic carbocycles. The number of anilines is 2. The fraction of sp³-hybridized carbons (Fsp3) is 0.429. The van der Waals surface area contributed by atoms with Crippen LogP contribution in [0.2, 0.25) is 5.02 Å². The molecule has 0 bridgehead atoms. The molecule has 1 fully saturated rings. The Bertz CT molecular complexity index is 521. The second kappa shape index (κ2) is 6.13. The quantitative estimate of drug-likeness (QED) is 0.895. The number of amides is 2. The Morgan fingerprint density at radius 1 is 1.45 bits per heavy atom. The minimum absolute atomic E-state index is 0.00536. The predicted octanol–water partition coefficient (Wildman–Crippen LogP) is 1.87. The highest BCUT2D eigenvalue weighted by Crippen LogP contribution is 2.32. The van der Waals surface area contributed by atoms with Gasteiger partial charge in [-0.25, -0.2) is 0 Å². The van der Waals surface area contributed by atoms with Crippen LogP contribution in [0.1, 0.15) is 12.8 Å². The molecule has 0 radical (unpaired) electrons. The van der Waals surface area contributed by atoms with Crippen molar-refractivity contribution in [3.8, 4) is 0 Å². The normalized spacial score (nSPS) is 18.4. The SMILES string of the molecule is CN(C)c1c(Cl)cccc1NC(=O)C1CCC(=O)NC1. The number of rotatable bonds is 3. The Labute approximate surface area is 123 Å². The molecule has 0 saturated carbocycles. The lowest BCUT2D eigenvalue weighted by molar-refractivity contribution is -0.126. The fourth-order valence-corrected chi connectivity index (χ4v) is 2.61. The van der Waals surface area contributed by atoms with Crippen molar-refractivity contribution in [1.82, 2.24) is 5.32 Å². The van der Waals surface area contributed by atoms with Gasteiger partial charge in [0.15, 0.2) is 0 Å².